The summed E-state index contributed by atoms with van der Waals surface area (Å²) in [6, 6.07) is 15.3. The van der Waals surface area contributed by atoms with Gasteiger partial charge in [-0.05, 0) is 55.0 Å². The summed E-state index contributed by atoms with van der Waals surface area (Å²) >= 11 is 0. The molecule has 158 valence electrons. The molecule has 0 aliphatic carbocycles. The first-order chi connectivity index (χ1) is 13.7. The highest BCUT2D eigenvalue weighted by atomic mass is 19.4. The van der Waals surface area contributed by atoms with Crippen LogP contribution in [0.25, 0.3) is 0 Å². The van der Waals surface area contributed by atoms with Gasteiger partial charge in [0.25, 0.3) is 0 Å². The van der Waals surface area contributed by atoms with Crippen LogP contribution in [-0.2, 0) is 12.0 Å². The summed E-state index contributed by atoms with van der Waals surface area (Å²) in [6.07, 6.45) is -1.07. The first kappa shape index (κ1) is 21.5. The molecule has 2 aromatic rings. The van der Waals surface area contributed by atoms with Gasteiger partial charge in [0.2, 0.25) is 0 Å². The lowest BCUT2D eigenvalue weighted by atomic mass is 9.77. The monoisotopic (exact) mass is 407 g/mol. The van der Waals surface area contributed by atoms with Crippen LogP contribution in [0.2, 0.25) is 0 Å². The van der Waals surface area contributed by atoms with Crippen molar-refractivity contribution in [2.75, 3.05) is 32.1 Å². The third-order valence-electron chi connectivity index (χ3n) is 5.53. The zero-order valence-corrected chi connectivity index (χ0v) is 16.9. The highest BCUT2D eigenvalue weighted by molar-refractivity contribution is 5.53. The number of hydrazine groups is 1. The fraction of sp³-hybridized carbons (Fsp3) is 0.455. The molecule has 1 saturated heterocycles. The molecule has 29 heavy (non-hydrogen) atoms. The van der Waals surface area contributed by atoms with E-state index in [1.54, 1.807) is 12.1 Å². The second-order valence-corrected chi connectivity index (χ2v) is 7.82. The van der Waals surface area contributed by atoms with Crippen LogP contribution in [0.1, 0.15) is 30.4 Å². The van der Waals surface area contributed by atoms with E-state index in [1.807, 2.05) is 60.4 Å². The molecule has 0 aromatic heterocycles. The molecular weight excluding hydrogens is 379 g/mol. The number of nitrogens with two attached hydrogens (primary N) is 1. The number of alkyl halides is 3. The van der Waals surface area contributed by atoms with Crippen LogP contribution in [-0.4, -0.2) is 38.4 Å². The van der Waals surface area contributed by atoms with Crippen LogP contribution in [0.3, 0.4) is 0 Å². The first-order valence-electron chi connectivity index (χ1n) is 9.79. The lowest BCUT2D eigenvalue weighted by molar-refractivity contribution is -0.153. The molecule has 4 nitrogen and oxygen atoms in total. The van der Waals surface area contributed by atoms with Crippen molar-refractivity contribution in [1.29, 1.82) is 0 Å². The Balaban J connectivity index is 2.03. The molecule has 1 unspecified atom stereocenters. The van der Waals surface area contributed by atoms with Crippen molar-refractivity contribution >= 4 is 5.69 Å². The number of benzene rings is 2. The van der Waals surface area contributed by atoms with Crippen molar-refractivity contribution in [1.82, 2.24) is 5.01 Å². The Morgan fingerprint density at radius 3 is 2.45 bits per heavy atom. The second-order valence-electron chi connectivity index (χ2n) is 7.82. The smallest absolute Gasteiger partial charge is 0.422 e. The van der Waals surface area contributed by atoms with Gasteiger partial charge in [0.15, 0.2) is 6.61 Å². The van der Waals surface area contributed by atoms with Gasteiger partial charge in [0.1, 0.15) is 5.75 Å². The Labute approximate surface area is 170 Å². The number of piperidine rings is 1. The minimum absolute atomic E-state index is 0.252. The van der Waals surface area contributed by atoms with Crippen molar-refractivity contribution in [2.45, 2.75) is 37.4 Å². The van der Waals surface area contributed by atoms with Crippen LogP contribution >= 0.6 is 0 Å². The first-order valence-corrected chi connectivity index (χ1v) is 9.79. The molecule has 0 amide bonds. The SMILES string of the molecule is CN(C)c1ccc(OCC(F)(F)F)c(CC2(c3ccccc3)CCCCN2N)c1. The maximum atomic E-state index is 12.8. The summed E-state index contributed by atoms with van der Waals surface area (Å²) in [4.78, 5) is 1.92. The highest BCUT2D eigenvalue weighted by Gasteiger charge is 2.40. The molecule has 0 radical (unpaired) electrons. The standard InChI is InChI=1S/C22H28F3N3O/c1-27(2)19-10-11-20(29-16-22(23,24)25)17(14-19)15-21(12-6-7-13-28(21)26)18-8-4-3-5-9-18/h3-5,8-11,14H,6-7,12-13,15-16,26H2,1-2H3. The lowest BCUT2D eigenvalue weighted by Gasteiger charge is -2.45. The minimum atomic E-state index is -4.39. The van der Waals surface area contributed by atoms with Crippen LogP contribution < -0.4 is 15.5 Å². The predicted molar refractivity (Wildman–Crippen MR) is 109 cm³/mol. The zero-order chi connectivity index (χ0) is 21.1. The Kier molecular flexibility index (Phi) is 6.39. The topological polar surface area (TPSA) is 41.7 Å². The van der Waals surface area contributed by atoms with Crippen molar-refractivity contribution < 1.29 is 17.9 Å². The van der Waals surface area contributed by atoms with Crippen LogP contribution in [0.4, 0.5) is 18.9 Å². The van der Waals surface area contributed by atoms with E-state index in [1.165, 1.54) is 0 Å². The molecule has 0 spiro atoms. The third kappa shape index (κ3) is 5.03. The van der Waals surface area contributed by atoms with E-state index in [4.69, 9.17) is 10.6 Å². The Morgan fingerprint density at radius 1 is 1.10 bits per heavy atom. The van der Waals surface area contributed by atoms with E-state index in [-0.39, 0.29) is 5.75 Å². The molecule has 7 heteroatoms. The fourth-order valence-corrected chi connectivity index (χ4v) is 4.01. The number of halogens is 3. The van der Waals surface area contributed by atoms with Gasteiger partial charge in [-0.3, -0.25) is 5.84 Å². The Bertz CT molecular complexity index is 811. The van der Waals surface area contributed by atoms with Crippen LogP contribution in [0, 0.1) is 0 Å². The number of ether oxygens (including phenoxy) is 1. The summed E-state index contributed by atoms with van der Waals surface area (Å²) < 4.78 is 43.5. The van der Waals surface area contributed by atoms with Gasteiger partial charge >= 0.3 is 6.18 Å². The third-order valence-corrected chi connectivity index (χ3v) is 5.53. The average molecular weight is 407 g/mol. The van der Waals surface area contributed by atoms with E-state index < -0.39 is 18.3 Å². The van der Waals surface area contributed by atoms with E-state index in [9.17, 15) is 13.2 Å². The van der Waals surface area contributed by atoms with E-state index in [2.05, 4.69) is 0 Å². The molecule has 3 rings (SSSR count). The number of nitrogens with zero attached hydrogens (tertiary/aromatic N) is 2. The van der Waals surface area contributed by atoms with Gasteiger partial charge in [-0.1, -0.05) is 30.3 Å². The summed E-state index contributed by atoms with van der Waals surface area (Å²) in [6.45, 7) is -0.576. The summed E-state index contributed by atoms with van der Waals surface area (Å²) in [5, 5.41) is 1.85. The quantitative estimate of drug-likeness (QED) is 0.717. The number of rotatable bonds is 6. The maximum absolute atomic E-state index is 12.8. The van der Waals surface area contributed by atoms with Crippen LogP contribution in [0.15, 0.2) is 48.5 Å². The lowest BCUT2D eigenvalue weighted by Crippen LogP contribution is -2.54. The van der Waals surface area contributed by atoms with E-state index in [0.29, 0.717) is 6.42 Å². The summed E-state index contributed by atoms with van der Waals surface area (Å²) in [5.74, 6) is 6.74. The van der Waals surface area contributed by atoms with Crippen LogP contribution in [0.5, 0.6) is 5.75 Å². The van der Waals surface area contributed by atoms with Gasteiger partial charge in [-0.15, -0.1) is 0 Å². The van der Waals surface area contributed by atoms with Gasteiger partial charge in [-0.25, -0.2) is 5.01 Å². The normalized spacial score (nSPS) is 20.5. The average Bonchev–Trinajstić information content (AvgIpc) is 2.68. The number of hydrogen-bond donors (Lipinski definition) is 1. The van der Waals surface area contributed by atoms with Crippen molar-refractivity contribution in [3.05, 3.63) is 59.7 Å². The summed E-state index contributed by atoms with van der Waals surface area (Å²) in [5.41, 5.74) is 2.21. The van der Waals surface area contributed by atoms with E-state index in [0.717, 1.165) is 42.6 Å². The molecule has 2 N–H and O–H groups in total. The van der Waals surface area contributed by atoms with Crippen molar-refractivity contribution in [3.63, 3.8) is 0 Å². The molecular formula is C22H28F3N3O. The molecule has 1 aliphatic heterocycles. The Morgan fingerprint density at radius 2 is 1.83 bits per heavy atom. The highest BCUT2D eigenvalue weighted by Crippen LogP contribution is 2.41. The zero-order valence-electron chi connectivity index (χ0n) is 16.9. The van der Waals surface area contributed by atoms with Gasteiger partial charge in [0.05, 0.1) is 5.54 Å². The van der Waals surface area contributed by atoms with Gasteiger partial charge in [0, 0.05) is 26.3 Å². The largest absolute Gasteiger partial charge is 0.484 e. The van der Waals surface area contributed by atoms with Gasteiger partial charge in [-0.2, -0.15) is 13.2 Å². The molecule has 1 fully saturated rings. The molecule has 0 bridgehead atoms. The minimum Gasteiger partial charge on any atom is -0.484 e. The maximum Gasteiger partial charge on any atom is 0.422 e. The molecule has 1 heterocycles. The van der Waals surface area contributed by atoms with Crippen molar-refractivity contribution in [2.24, 2.45) is 5.84 Å². The molecule has 0 saturated carbocycles. The predicted octanol–water partition coefficient (Wildman–Crippen LogP) is 4.49. The molecule has 1 aliphatic rings. The fourth-order valence-electron chi connectivity index (χ4n) is 4.01. The molecule has 2 aromatic carbocycles. The molecule has 1 atom stereocenters. The van der Waals surface area contributed by atoms with E-state index >= 15 is 0 Å². The summed E-state index contributed by atoms with van der Waals surface area (Å²) in [7, 11) is 3.80. The Hall–Kier alpha value is -2.25. The van der Waals surface area contributed by atoms with Gasteiger partial charge < -0.3 is 9.64 Å². The number of anilines is 1. The second kappa shape index (κ2) is 8.63. The van der Waals surface area contributed by atoms with Crippen molar-refractivity contribution in [3.8, 4) is 5.75 Å². The number of hydrogen-bond acceptors (Lipinski definition) is 4.